The van der Waals surface area contributed by atoms with Gasteiger partial charge in [-0.2, -0.15) is 0 Å². The minimum atomic E-state index is 0.569. The van der Waals surface area contributed by atoms with E-state index >= 15 is 0 Å². The average molecular weight is 691 g/mol. The van der Waals surface area contributed by atoms with E-state index in [9.17, 15) is 0 Å². The Labute approximate surface area is 310 Å². The van der Waals surface area contributed by atoms with Gasteiger partial charge >= 0.3 is 0 Å². The van der Waals surface area contributed by atoms with Crippen molar-refractivity contribution in [2.75, 3.05) is 0 Å². The minimum Gasteiger partial charge on any atom is -0.307 e. The lowest BCUT2D eigenvalue weighted by Crippen LogP contribution is -2.02. The van der Waals surface area contributed by atoms with Gasteiger partial charge in [-0.3, -0.25) is 4.57 Å². The van der Waals surface area contributed by atoms with Crippen molar-refractivity contribution in [3.05, 3.63) is 182 Å². The van der Waals surface area contributed by atoms with Gasteiger partial charge in [0.05, 0.1) is 22.1 Å². The number of pyridine rings is 1. The van der Waals surface area contributed by atoms with Crippen LogP contribution in [-0.2, 0) is 0 Å². The normalized spacial score (nSPS) is 11.7. The summed E-state index contributed by atoms with van der Waals surface area (Å²) >= 11 is 0. The molecule has 54 heavy (non-hydrogen) atoms. The molecule has 0 N–H and O–H groups in total. The molecular weight excluding hydrogens is 661 g/mol. The van der Waals surface area contributed by atoms with Gasteiger partial charge in [0.2, 0.25) is 0 Å². The fourth-order valence-electron chi connectivity index (χ4n) is 8.00. The molecule has 0 saturated heterocycles. The van der Waals surface area contributed by atoms with Crippen LogP contribution in [0.3, 0.4) is 0 Å². The molecule has 11 aromatic rings. The SMILES string of the molecule is c1ccc(-c2nc(-c3ccc(-n4c5ccccc5c5ccc6c7ccccc7n(-c7ccccc7)c6c54)nc3)nc(-c3cccc4ccccc34)n2)cc1. The number of aromatic nitrogens is 6. The first-order valence-corrected chi connectivity index (χ1v) is 18.1. The summed E-state index contributed by atoms with van der Waals surface area (Å²) in [5.74, 6) is 2.62. The van der Waals surface area contributed by atoms with Gasteiger partial charge in [0.25, 0.3) is 0 Å². The van der Waals surface area contributed by atoms with Crippen LogP contribution in [0.25, 0.3) is 100 Å². The van der Waals surface area contributed by atoms with Crippen molar-refractivity contribution in [3.63, 3.8) is 0 Å². The number of benzene rings is 7. The van der Waals surface area contributed by atoms with E-state index in [2.05, 4.69) is 155 Å². The van der Waals surface area contributed by atoms with Gasteiger partial charge < -0.3 is 4.57 Å². The molecule has 6 heteroatoms. The molecule has 0 bridgehead atoms. The summed E-state index contributed by atoms with van der Waals surface area (Å²) in [6.07, 6.45) is 1.89. The van der Waals surface area contributed by atoms with Crippen LogP contribution in [0.5, 0.6) is 0 Å². The summed E-state index contributed by atoms with van der Waals surface area (Å²) in [5, 5.41) is 6.99. The smallest absolute Gasteiger partial charge is 0.165 e. The number of rotatable bonds is 5. The summed E-state index contributed by atoms with van der Waals surface area (Å²) in [4.78, 5) is 20.3. The maximum absolute atomic E-state index is 5.17. The molecule has 0 aliphatic heterocycles. The standard InChI is InChI=1S/C48H30N6/c1-3-15-32(16-4-1)46-50-47(52-48(51-46)40-23-13-17-31-14-7-8-20-35(31)40)33-26-29-43(49-30-33)54-42-25-12-10-22-37(42)39-28-27-38-36-21-9-11-24-41(36)53(44(38)45(39)54)34-18-5-2-6-19-34/h1-30H. The van der Waals surface area contributed by atoms with Crippen molar-refractivity contribution in [2.24, 2.45) is 0 Å². The molecular formula is C48H30N6. The second kappa shape index (κ2) is 12.1. The Morgan fingerprint density at radius 1 is 0.352 bits per heavy atom. The largest absolute Gasteiger partial charge is 0.307 e. The van der Waals surface area contributed by atoms with Crippen molar-refractivity contribution in [1.29, 1.82) is 0 Å². The van der Waals surface area contributed by atoms with Crippen molar-refractivity contribution in [1.82, 2.24) is 29.1 Å². The van der Waals surface area contributed by atoms with Gasteiger partial charge in [-0.25, -0.2) is 19.9 Å². The Balaban J connectivity index is 1.14. The van der Waals surface area contributed by atoms with Crippen molar-refractivity contribution >= 4 is 54.4 Å². The number of para-hydroxylation sites is 3. The molecule has 0 aliphatic carbocycles. The highest BCUT2D eigenvalue weighted by Crippen LogP contribution is 2.41. The Morgan fingerprint density at radius 3 is 1.61 bits per heavy atom. The molecule has 0 atom stereocenters. The second-order valence-electron chi connectivity index (χ2n) is 13.5. The van der Waals surface area contributed by atoms with Crippen LogP contribution in [0, 0.1) is 0 Å². The third-order valence-corrected chi connectivity index (χ3v) is 10.4. The highest BCUT2D eigenvalue weighted by molar-refractivity contribution is 6.23. The highest BCUT2D eigenvalue weighted by atomic mass is 15.1. The third-order valence-electron chi connectivity index (χ3n) is 10.4. The second-order valence-corrected chi connectivity index (χ2v) is 13.5. The first kappa shape index (κ1) is 30.2. The average Bonchev–Trinajstić information content (AvgIpc) is 3.77. The monoisotopic (exact) mass is 690 g/mol. The lowest BCUT2D eigenvalue weighted by atomic mass is 10.0. The maximum Gasteiger partial charge on any atom is 0.165 e. The molecule has 4 aromatic heterocycles. The Bertz CT molecular complexity index is 3190. The fraction of sp³-hybridized carbons (Fsp3) is 0. The van der Waals surface area contributed by atoms with E-state index < -0.39 is 0 Å². The third kappa shape index (κ3) is 4.67. The maximum atomic E-state index is 5.17. The molecule has 4 heterocycles. The predicted octanol–water partition coefficient (Wildman–Crippen LogP) is 11.6. The first-order chi connectivity index (χ1) is 26.8. The molecule has 7 aromatic carbocycles. The first-order valence-electron chi connectivity index (χ1n) is 18.1. The molecule has 252 valence electrons. The Kier molecular flexibility index (Phi) is 6.75. The number of hydrogen-bond donors (Lipinski definition) is 0. The van der Waals surface area contributed by atoms with Crippen LogP contribution < -0.4 is 0 Å². The summed E-state index contributed by atoms with van der Waals surface area (Å²) in [6, 6.07) is 61.2. The van der Waals surface area contributed by atoms with Crippen LogP contribution in [0.2, 0.25) is 0 Å². The number of nitrogens with zero attached hydrogens (tertiary/aromatic N) is 6. The topological polar surface area (TPSA) is 61.4 Å². The highest BCUT2D eigenvalue weighted by Gasteiger charge is 2.22. The van der Waals surface area contributed by atoms with Gasteiger partial charge in [-0.15, -0.1) is 0 Å². The van der Waals surface area contributed by atoms with Crippen LogP contribution in [-0.4, -0.2) is 29.1 Å². The van der Waals surface area contributed by atoms with Gasteiger partial charge in [0.1, 0.15) is 5.82 Å². The van der Waals surface area contributed by atoms with E-state index in [1.807, 2.05) is 36.5 Å². The molecule has 0 saturated carbocycles. The zero-order valence-electron chi connectivity index (χ0n) is 29.0. The van der Waals surface area contributed by atoms with Crippen LogP contribution in [0.15, 0.2) is 182 Å². The molecule has 0 amide bonds. The quantitative estimate of drug-likeness (QED) is 0.180. The fourth-order valence-corrected chi connectivity index (χ4v) is 8.00. The minimum absolute atomic E-state index is 0.569. The summed E-state index contributed by atoms with van der Waals surface area (Å²) in [7, 11) is 0. The molecule has 0 radical (unpaired) electrons. The summed E-state index contributed by atoms with van der Waals surface area (Å²) < 4.78 is 4.70. The zero-order valence-corrected chi connectivity index (χ0v) is 29.0. The van der Waals surface area contributed by atoms with Gasteiger partial charge in [-0.05, 0) is 47.2 Å². The Morgan fingerprint density at radius 2 is 0.907 bits per heavy atom. The van der Waals surface area contributed by atoms with E-state index in [-0.39, 0.29) is 0 Å². The van der Waals surface area contributed by atoms with E-state index in [1.165, 1.54) is 21.5 Å². The van der Waals surface area contributed by atoms with Crippen LogP contribution in [0.1, 0.15) is 0 Å². The van der Waals surface area contributed by atoms with Crippen molar-refractivity contribution < 1.29 is 0 Å². The van der Waals surface area contributed by atoms with E-state index in [4.69, 9.17) is 19.9 Å². The Hall–Kier alpha value is -7.44. The lowest BCUT2D eigenvalue weighted by molar-refractivity contribution is 1.05. The zero-order chi connectivity index (χ0) is 35.6. The van der Waals surface area contributed by atoms with E-state index in [1.54, 1.807) is 0 Å². The van der Waals surface area contributed by atoms with Gasteiger partial charge in [0, 0.05) is 50.1 Å². The van der Waals surface area contributed by atoms with Gasteiger partial charge in [-0.1, -0.05) is 140 Å². The van der Waals surface area contributed by atoms with Crippen molar-refractivity contribution in [2.45, 2.75) is 0 Å². The molecule has 6 nitrogen and oxygen atoms in total. The number of hydrogen-bond acceptors (Lipinski definition) is 4. The van der Waals surface area contributed by atoms with E-state index in [0.717, 1.165) is 61.0 Å². The predicted molar refractivity (Wildman–Crippen MR) is 220 cm³/mol. The van der Waals surface area contributed by atoms with Crippen molar-refractivity contribution in [3.8, 4) is 45.7 Å². The van der Waals surface area contributed by atoms with Crippen LogP contribution >= 0.6 is 0 Å². The molecule has 0 aliphatic rings. The molecule has 0 spiro atoms. The van der Waals surface area contributed by atoms with Crippen LogP contribution in [0.4, 0.5) is 0 Å². The van der Waals surface area contributed by atoms with Gasteiger partial charge in [0.15, 0.2) is 17.5 Å². The summed E-state index contributed by atoms with van der Waals surface area (Å²) in [5.41, 5.74) is 8.32. The number of fused-ring (bicyclic) bond motifs is 8. The molecule has 11 rings (SSSR count). The van der Waals surface area contributed by atoms with E-state index in [0.29, 0.717) is 17.5 Å². The molecule has 0 fully saturated rings. The molecule has 0 unspecified atom stereocenters. The lowest BCUT2D eigenvalue weighted by Gasteiger charge is -2.13. The summed E-state index contributed by atoms with van der Waals surface area (Å²) in [6.45, 7) is 0.